The Bertz CT molecular complexity index is 1010. The van der Waals surface area contributed by atoms with E-state index < -0.39 is 18.5 Å². The van der Waals surface area contributed by atoms with Crippen molar-refractivity contribution >= 4 is 46.0 Å². The number of esters is 1. The van der Waals surface area contributed by atoms with Crippen molar-refractivity contribution in [1.29, 1.82) is 0 Å². The fraction of sp³-hybridized carbons (Fsp3) is 0.150. The summed E-state index contributed by atoms with van der Waals surface area (Å²) in [4.78, 5) is 28.7. The number of pyridine rings is 1. The molecule has 0 saturated carbocycles. The number of benzene rings is 2. The minimum Gasteiger partial charge on any atom is -0.452 e. The van der Waals surface area contributed by atoms with Gasteiger partial charge in [-0.3, -0.25) is 4.79 Å². The van der Waals surface area contributed by atoms with Gasteiger partial charge in [0.15, 0.2) is 6.61 Å². The predicted molar refractivity (Wildman–Crippen MR) is 105 cm³/mol. The second-order valence-corrected chi connectivity index (χ2v) is 6.75. The third kappa shape index (κ3) is 4.76. The highest BCUT2D eigenvalue weighted by molar-refractivity contribution is 6.30. The maximum atomic E-state index is 12.4. The zero-order chi connectivity index (χ0) is 19.4. The van der Waals surface area contributed by atoms with Crippen LogP contribution in [0, 0.1) is 0 Å². The number of fused-ring (bicyclic) bond motifs is 1. The fourth-order valence-electron chi connectivity index (χ4n) is 2.66. The van der Waals surface area contributed by atoms with Crippen LogP contribution < -0.4 is 5.32 Å². The molecule has 3 aromatic rings. The first kappa shape index (κ1) is 19.1. The number of carbonyl (C=O) groups is 2. The molecule has 0 radical (unpaired) electrons. The van der Waals surface area contributed by atoms with Crippen LogP contribution in [0.3, 0.4) is 0 Å². The number of carbonyl (C=O) groups excluding carboxylic acids is 2. The average molecular weight is 403 g/mol. The first-order valence-corrected chi connectivity index (χ1v) is 8.97. The Labute approximate surface area is 166 Å². The molecule has 0 aliphatic carbocycles. The van der Waals surface area contributed by atoms with Crippen molar-refractivity contribution in [3.05, 3.63) is 75.9 Å². The minimum atomic E-state index is -0.638. The van der Waals surface area contributed by atoms with Gasteiger partial charge in [0.25, 0.3) is 5.91 Å². The fourth-order valence-corrected chi connectivity index (χ4v) is 3.06. The summed E-state index contributed by atoms with van der Waals surface area (Å²) in [6.45, 7) is 1.42. The number of halogens is 2. The number of nitrogens with one attached hydrogen (secondary N) is 1. The first-order valence-electron chi connectivity index (χ1n) is 8.21. The Kier molecular flexibility index (Phi) is 5.94. The van der Waals surface area contributed by atoms with Gasteiger partial charge in [0.2, 0.25) is 0 Å². The van der Waals surface area contributed by atoms with Crippen molar-refractivity contribution in [2.45, 2.75) is 13.0 Å². The van der Waals surface area contributed by atoms with Crippen molar-refractivity contribution in [3.63, 3.8) is 0 Å². The lowest BCUT2D eigenvalue weighted by molar-refractivity contribution is -0.124. The van der Waals surface area contributed by atoms with Gasteiger partial charge in [-0.1, -0.05) is 53.5 Å². The molecule has 0 saturated heterocycles. The van der Waals surface area contributed by atoms with E-state index in [2.05, 4.69) is 10.3 Å². The number of nitrogens with zero attached hydrogens (tertiary/aromatic N) is 1. The Balaban J connectivity index is 1.65. The molecule has 1 aromatic heterocycles. The lowest BCUT2D eigenvalue weighted by atomic mass is 10.1. The Hall–Kier alpha value is -2.63. The van der Waals surface area contributed by atoms with Crippen molar-refractivity contribution < 1.29 is 14.3 Å². The molecule has 0 aliphatic heterocycles. The quantitative estimate of drug-likeness (QED) is 0.500. The highest BCUT2D eigenvalue weighted by Crippen LogP contribution is 2.21. The minimum absolute atomic E-state index is 0.180. The van der Waals surface area contributed by atoms with E-state index in [4.69, 9.17) is 27.9 Å². The van der Waals surface area contributed by atoms with Gasteiger partial charge in [0.1, 0.15) is 5.15 Å². The molecule has 27 heavy (non-hydrogen) atoms. The summed E-state index contributed by atoms with van der Waals surface area (Å²) in [6.07, 6.45) is 0. The van der Waals surface area contributed by atoms with E-state index >= 15 is 0 Å². The zero-order valence-electron chi connectivity index (χ0n) is 14.4. The molecule has 1 amide bonds. The molecule has 0 fully saturated rings. The maximum Gasteiger partial charge on any atom is 0.339 e. The van der Waals surface area contributed by atoms with Gasteiger partial charge in [0, 0.05) is 10.4 Å². The van der Waals surface area contributed by atoms with Gasteiger partial charge in [-0.05, 0) is 36.8 Å². The van der Waals surface area contributed by atoms with E-state index in [1.165, 1.54) is 6.07 Å². The second kappa shape index (κ2) is 8.37. The predicted octanol–water partition coefficient (Wildman–Crippen LogP) is 4.58. The van der Waals surface area contributed by atoms with E-state index in [0.717, 1.165) is 5.56 Å². The normalized spacial score (nSPS) is 11.8. The molecule has 0 unspecified atom stereocenters. The Morgan fingerprint density at radius 2 is 1.89 bits per heavy atom. The number of hydrogen-bond donors (Lipinski definition) is 1. The van der Waals surface area contributed by atoms with E-state index in [1.807, 2.05) is 13.0 Å². The summed E-state index contributed by atoms with van der Waals surface area (Å²) < 4.78 is 5.15. The van der Waals surface area contributed by atoms with Crippen LogP contribution in [0.5, 0.6) is 0 Å². The summed E-state index contributed by atoms with van der Waals surface area (Å²) in [7, 11) is 0. The third-order valence-electron chi connectivity index (χ3n) is 3.97. The van der Waals surface area contributed by atoms with E-state index in [-0.39, 0.29) is 16.8 Å². The van der Waals surface area contributed by atoms with Crippen molar-refractivity contribution in [1.82, 2.24) is 10.3 Å². The third-order valence-corrected chi connectivity index (χ3v) is 4.39. The summed E-state index contributed by atoms with van der Waals surface area (Å²) in [5, 5.41) is 4.14. The number of rotatable bonds is 5. The molecular formula is C20H16Cl2N2O3. The van der Waals surface area contributed by atoms with Gasteiger partial charge in [-0.25, -0.2) is 9.78 Å². The lowest BCUT2D eigenvalue weighted by Crippen LogP contribution is -2.31. The molecule has 2 aromatic carbocycles. The number of aromatic nitrogens is 1. The van der Waals surface area contributed by atoms with Crippen LogP contribution in [0.4, 0.5) is 0 Å². The van der Waals surface area contributed by atoms with E-state index in [0.29, 0.717) is 15.9 Å². The number of ether oxygens (including phenoxy) is 1. The smallest absolute Gasteiger partial charge is 0.339 e. The first-order chi connectivity index (χ1) is 12.9. The highest BCUT2D eigenvalue weighted by Gasteiger charge is 2.16. The Morgan fingerprint density at radius 1 is 1.11 bits per heavy atom. The number of hydrogen-bond acceptors (Lipinski definition) is 4. The lowest BCUT2D eigenvalue weighted by Gasteiger charge is -2.15. The number of para-hydroxylation sites is 1. The van der Waals surface area contributed by atoms with Crippen LogP contribution in [0.1, 0.15) is 28.9 Å². The Morgan fingerprint density at radius 3 is 2.67 bits per heavy atom. The van der Waals surface area contributed by atoms with Crippen molar-refractivity contribution in [2.75, 3.05) is 6.61 Å². The topological polar surface area (TPSA) is 68.3 Å². The SMILES string of the molecule is C[C@@H](NC(=O)COC(=O)c1cc(Cl)nc2ccccc12)c1cccc(Cl)c1. The van der Waals surface area contributed by atoms with Gasteiger partial charge in [0.05, 0.1) is 17.1 Å². The standard InChI is InChI=1S/C20H16Cl2N2O3/c1-12(13-5-4-6-14(21)9-13)23-19(25)11-27-20(26)16-10-18(22)24-17-8-3-2-7-15(16)17/h2-10,12H,11H2,1H3,(H,23,25)/t12-/m1/s1. The van der Waals surface area contributed by atoms with Crippen LogP contribution >= 0.6 is 23.2 Å². The molecule has 1 atom stereocenters. The molecule has 5 nitrogen and oxygen atoms in total. The maximum absolute atomic E-state index is 12.4. The summed E-state index contributed by atoms with van der Waals surface area (Å²) in [6, 6.07) is 15.4. The molecule has 0 bridgehead atoms. The molecule has 7 heteroatoms. The van der Waals surface area contributed by atoms with Gasteiger partial charge >= 0.3 is 5.97 Å². The molecule has 3 rings (SSSR count). The van der Waals surface area contributed by atoms with Crippen LogP contribution in [0.2, 0.25) is 10.2 Å². The van der Waals surface area contributed by atoms with Crippen LogP contribution in [0.25, 0.3) is 10.9 Å². The molecule has 0 aliphatic rings. The van der Waals surface area contributed by atoms with Gasteiger partial charge in [-0.2, -0.15) is 0 Å². The second-order valence-electron chi connectivity index (χ2n) is 5.93. The van der Waals surface area contributed by atoms with E-state index in [1.54, 1.807) is 42.5 Å². The molecule has 1 N–H and O–H groups in total. The highest BCUT2D eigenvalue weighted by atomic mass is 35.5. The van der Waals surface area contributed by atoms with Crippen LogP contribution in [0.15, 0.2) is 54.6 Å². The van der Waals surface area contributed by atoms with Gasteiger partial charge in [-0.15, -0.1) is 0 Å². The summed E-state index contributed by atoms with van der Waals surface area (Å²) in [5.41, 5.74) is 1.70. The largest absolute Gasteiger partial charge is 0.452 e. The molecule has 138 valence electrons. The monoisotopic (exact) mass is 402 g/mol. The zero-order valence-corrected chi connectivity index (χ0v) is 15.9. The van der Waals surface area contributed by atoms with Crippen LogP contribution in [-0.4, -0.2) is 23.5 Å². The molecular weight excluding hydrogens is 387 g/mol. The van der Waals surface area contributed by atoms with Crippen molar-refractivity contribution in [3.8, 4) is 0 Å². The van der Waals surface area contributed by atoms with Gasteiger partial charge < -0.3 is 10.1 Å². The summed E-state index contributed by atoms with van der Waals surface area (Å²) >= 11 is 11.9. The summed E-state index contributed by atoms with van der Waals surface area (Å²) in [5.74, 6) is -1.05. The average Bonchev–Trinajstić information content (AvgIpc) is 2.65. The van der Waals surface area contributed by atoms with Crippen LogP contribution in [-0.2, 0) is 9.53 Å². The number of amides is 1. The molecule has 0 spiro atoms. The van der Waals surface area contributed by atoms with Crippen molar-refractivity contribution in [2.24, 2.45) is 0 Å². The van der Waals surface area contributed by atoms with E-state index in [9.17, 15) is 9.59 Å². The molecule has 1 heterocycles.